The lowest BCUT2D eigenvalue weighted by molar-refractivity contribution is 0.301. The van der Waals surface area contributed by atoms with Gasteiger partial charge < -0.3 is 9.47 Å². The van der Waals surface area contributed by atoms with Gasteiger partial charge in [0.05, 0.1) is 13.7 Å². The first-order valence-electron chi connectivity index (χ1n) is 5.76. The van der Waals surface area contributed by atoms with Crippen LogP contribution in [0.25, 0.3) is 0 Å². The van der Waals surface area contributed by atoms with E-state index in [0.717, 1.165) is 17.9 Å². The molecule has 0 radical (unpaired) electrons. The summed E-state index contributed by atoms with van der Waals surface area (Å²) in [7, 11) is 1.68. The molecular formula is C14H22O2. The molecule has 1 aromatic carbocycles. The van der Waals surface area contributed by atoms with Crippen LogP contribution in [-0.4, -0.2) is 13.7 Å². The minimum atomic E-state index is 0.248. The van der Waals surface area contributed by atoms with Crippen molar-refractivity contribution in [3.05, 3.63) is 23.8 Å². The smallest absolute Gasteiger partial charge is 0.164 e. The Kier molecular flexibility index (Phi) is 4.22. The van der Waals surface area contributed by atoms with Crippen LogP contribution in [0, 0.1) is 5.41 Å². The van der Waals surface area contributed by atoms with E-state index in [9.17, 15) is 0 Å². The average molecular weight is 222 g/mol. The lowest BCUT2D eigenvalue weighted by Gasteiger charge is -2.21. The summed E-state index contributed by atoms with van der Waals surface area (Å²) < 4.78 is 11.0. The summed E-state index contributed by atoms with van der Waals surface area (Å²) >= 11 is 0. The molecule has 2 nitrogen and oxygen atoms in total. The van der Waals surface area contributed by atoms with Crippen molar-refractivity contribution in [2.45, 2.75) is 34.1 Å². The maximum Gasteiger partial charge on any atom is 0.164 e. The van der Waals surface area contributed by atoms with Crippen LogP contribution in [-0.2, 0) is 6.42 Å². The standard InChI is InChI=1S/C14H22O2/c1-6-16-13-11(10-14(2,3)4)8-7-9-12(13)15-5/h7-9H,6,10H2,1-5H3. The van der Waals surface area contributed by atoms with E-state index in [4.69, 9.17) is 9.47 Å². The Hall–Kier alpha value is -1.18. The molecule has 1 rings (SSSR count). The van der Waals surface area contributed by atoms with Gasteiger partial charge in [-0.25, -0.2) is 0 Å². The van der Waals surface area contributed by atoms with Crippen LogP contribution in [0.5, 0.6) is 11.5 Å². The summed E-state index contributed by atoms with van der Waals surface area (Å²) in [5.41, 5.74) is 1.46. The number of rotatable bonds is 4. The van der Waals surface area contributed by atoms with E-state index in [1.165, 1.54) is 5.56 Å². The van der Waals surface area contributed by atoms with Gasteiger partial charge in [-0.3, -0.25) is 0 Å². The minimum Gasteiger partial charge on any atom is -0.493 e. The Morgan fingerprint density at radius 2 is 1.88 bits per heavy atom. The van der Waals surface area contributed by atoms with E-state index in [-0.39, 0.29) is 5.41 Å². The van der Waals surface area contributed by atoms with Crippen LogP contribution in [0.4, 0.5) is 0 Å². The molecule has 0 fully saturated rings. The zero-order valence-electron chi connectivity index (χ0n) is 11.0. The second-order valence-corrected chi connectivity index (χ2v) is 5.12. The highest BCUT2D eigenvalue weighted by Crippen LogP contribution is 2.34. The van der Waals surface area contributed by atoms with Gasteiger partial charge in [-0.05, 0) is 30.4 Å². The summed E-state index contributed by atoms with van der Waals surface area (Å²) in [5.74, 6) is 1.71. The van der Waals surface area contributed by atoms with Gasteiger partial charge in [0, 0.05) is 0 Å². The van der Waals surface area contributed by atoms with Gasteiger partial charge in [0.1, 0.15) is 0 Å². The van der Waals surface area contributed by atoms with Crippen molar-refractivity contribution in [3.63, 3.8) is 0 Å². The number of methoxy groups -OCH3 is 1. The van der Waals surface area contributed by atoms with Crippen molar-refractivity contribution < 1.29 is 9.47 Å². The number of ether oxygens (including phenoxy) is 2. The molecule has 0 aromatic heterocycles. The Labute approximate surface area is 98.6 Å². The van der Waals surface area contributed by atoms with E-state index in [1.54, 1.807) is 7.11 Å². The van der Waals surface area contributed by atoms with Crippen molar-refractivity contribution in [1.82, 2.24) is 0 Å². The first-order valence-corrected chi connectivity index (χ1v) is 5.76. The summed E-state index contributed by atoms with van der Waals surface area (Å²) in [4.78, 5) is 0. The van der Waals surface area contributed by atoms with Crippen LogP contribution in [0.15, 0.2) is 18.2 Å². The predicted molar refractivity (Wildman–Crippen MR) is 67.3 cm³/mol. The molecular weight excluding hydrogens is 200 g/mol. The first kappa shape index (κ1) is 12.9. The quantitative estimate of drug-likeness (QED) is 0.773. The second-order valence-electron chi connectivity index (χ2n) is 5.12. The molecule has 0 heterocycles. The van der Waals surface area contributed by atoms with E-state index >= 15 is 0 Å². The maximum atomic E-state index is 5.68. The van der Waals surface area contributed by atoms with Crippen molar-refractivity contribution in [3.8, 4) is 11.5 Å². The average Bonchev–Trinajstić information content (AvgIpc) is 2.18. The van der Waals surface area contributed by atoms with Crippen LogP contribution in [0.1, 0.15) is 33.3 Å². The number of hydrogen-bond acceptors (Lipinski definition) is 2. The fourth-order valence-electron chi connectivity index (χ4n) is 1.74. The number of hydrogen-bond donors (Lipinski definition) is 0. The molecule has 0 atom stereocenters. The van der Waals surface area contributed by atoms with Gasteiger partial charge in [-0.2, -0.15) is 0 Å². The lowest BCUT2D eigenvalue weighted by atomic mass is 9.87. The second kappa shape index (κ2) is 5.24. The lowest BCUT2D eigenvalue weighted by Crippen LogP contribution is -2.11. The summed E-state index contributed by atoms with van der Waals surface area (Å²) in [6.07, 6.45) is 0.986. The van der Waals surface area contributed by atoms with Crippen LogP contribution >= 0.6 is 0 Å². The van der Waals surface area contributed by atoms with Crippen LogP contribution in [0.3, 0.4) is 0 Å². The summed E-state index contributed by atoms with van der Waals surface area (Å²) in [6.45, 7) is 9.33. The molecule has 16 heavy (non-hydrogen) atoms. The SMILES string of the molecule is CCOc1c(CC(C)(C)C)cccc1OC. The van der Waals surface area contributed by atoms with E-state index in [2.05, 4.69) is 26.8 Å². The molecule has 0 aliphatic carbocycles. The van der Waals surface area contributed by atoms with Gasteiger partial charge in [-0.1, -0.05) is 32.9 Å². The van der Waals surface area contributed by atoms with Crippen molar-refractivity contribution >= 4 is 0 Å². The fourth-order valence-corrected chi connectivity index (χ4v) is 1.74. The highest BCUT2D eigenvalue weighted by molar-refractivity contribution is 5.47. The first-order chi connectivity index (χ1) is 7.48. The summed E-state index contributed by atoms with van der Waals surface area (Å²) in [6, 6.07) is 6.07. The van der Waals surface area contributed by atoms with E-state index in [0.29, 0.717) is 6.61 Å². The molecule has 0 aliphatic heterocycles. The predicted octanol–water partition coefficient (Wildman–Crippen LogP) is 3.68. The Balaban J connectivity index is 3.06. The molecule has 2 heteroatoms. The molecule has 0 unspecified atom stereocenters. The van der Waals surface area contributed by atoms with Crippen molar-refractivity contribution in [2.75, 3.05) is 13.7 Å². The Morgan fingerprint density at radius 1 is 1.19 bits per heavy atom. The molecule has 0 amide bonds. The van der Waals surface area contributed by atoms with Gasteiger partial charge in [0.2, 0.25) is 0 Å². The topological polar surface area (TPSA) is 18.5 Å². The molecule has 0 spiro atoms. The van der Waals surface area contributed by atoms with E-state index in [1.807, 2.05) is 19.1 Å². The van der Waals surface area contributed by atoms with Crippen molar-refractivity contribution in [2.24, 2.45) is 5.41 Å². The van der Waals surface area contributed by atoms with Gasteiger partial charge >= 0.3 is 0 Å². The van der Waals surface area contributed by atoms with Crippen LogP contribution in [0.2, 0.25) is 0 Å². The highest BCUT2D eigenvalue weighted by Gasteiger charge is 2.17. The third-order valence-corrected chi connectivity index (χ3v) is 2.29. The maximum absolute atomic E-state index is 5.68. The van der Waals surface area contributed by atoms with Gasteiger partial charge in [0.15, 0.2) is 11.5 Å². The highest BCUT2D eigenvalue weighted by atomic mass is 16.5. The summed E-state index contributed by atoms with van der Waals surface area (Å²) in [5, 5.41) is 0. The van der Waals surface area contributed by atoms with Gasteiger partial charge in [-0.15, -0.1) is 0 Å². The van der Waals surface area contributed by atoms with Gasteiger partial charge in [0.25, 0.3) is 0 Å². The third kappa shape index (κ3) is 3.44. The Morgan fingerprint density at radius 3 is 2.38 bits per heavy atom. The Bertz CT molecular complexity index is 337. The molecule has 0 saturated heterocycles. The zero-order valence-corrected chi connectivity index (χ0v) is 11.0. The molecule has 0 N–H and O–H groups in total. The fraction of sp³-hybridized carbons (Fsp3) is 0.571. The van der Waals surface area contributed by atoms with Crippen molar-refractivity contribution in [1.29, 1.82) is 0 Å². The minimum absolute atomic E-state index is 0.248. The molecule has 0 aliphatic rings. The van der Waals surface area contributed by atoms with E-state index < -0.39 is 0 Å². The monoisotopic (exact) mass is 222 g/mol. The molecule has 0 bridgehead atoms. The molecule has 90 valence electrons. The zero-order chi connectivity index (χ0) is 12.2. The number of para-hydroxylation sites is 1. The van der Waals surface area contributed by atoms with Crippen LogP contribution < -0.4 is 9.47 Å². The normalized spacial score (nSPS) is 11.3. The third-order valence-electron chi connectivity index (χ3n) is 2.29. The number of benzene rings is 1. The molecule has 1 aromatic rings. The largest absolute Gasteiger partial charge is 0.493 e. The molecule has 0 saturated carbocycles.